The van der Waals surface area contributed by atoms with E-state index in [0.29, 0.717) is 19.4 Å². The van der Waals surface area contributed by atoms with Crippen molar-refractivity contribution in [3.8, 4) is 0 Å². The van der Waals surface area contributed by atoms with E-state index in [2.05, 4.69) is 21.2 Å². The second kappa shape index (κ2) is 15.3. The fourth-order valence-corrected chi connectivity index (χ4v) is 5.27. The Kier molecular flexibility index (Phi) is 14.1. The van der Waals surface area contributed by atoms with Gasteiger partial charge < -0.3 is 15.2 Å². The molecule has 1 aliphatic rings. The van der Waals surface area contributed by atoms with Crippen molar-refractivity contribution < 1.29 is 31.4 Å². The number of benzene rings is 1. The van der Waals surface area contributed by atoms with Crippen LogP contribution in [0.3, 0.4) is 0 Å². The lowest BCUT2D eigenvalue weighted by molar-refractivity contribution is -0.137. The maximum absolute atomic E-state index is 12.7. The van der Waals surface area contributed by atoms with Crippen LogP contribution in [0.15, 0.2) is 29.2 Å². The highest BCUT2D eigenvalue weighted by atomic mass is 79.9. The van der Waals surface area contributed by atoms with Crippen LogP contribution in [0.5, 0.6) is 0 Å². The average Bonchev–Trinajstić information content (AvgIpc) is 2.80. The quantitative estimate of drug-likeness (QED) is 0.309. The lowest BCUT2D eigenvalue weighted by Gasteiger charge is -2.34. The first-order valence-corrected chi connectivity index (χ1v) is 13.8. The van der Waals surface area contributed by atoms with E-state index in [1.807, 2.05) is 6.92 Å². The maximum atomic E-state index is 12.7. The molecule has 2 N–H and O–H groups in total. The van der Waals surface area contributed by atoms with Crippen molar-refractivity contribution in [1.29, 1.82) is 0 Å². The summed E-state index contributed by atoms with van der Waals surface area (Å²) >= 11 is 3.38. The van der Waals surface area contributed by atoms with Crippen LogP contribution < -0.4 is 5.32 Å². The van der Waals surface area contributed by atoms with E-state index in [1.54, 1.807) is 0 Å². The fourth-order valence-electron chi connectivity index (χ4n) is 3.46. The largest absolute Gasteiger partial charge is 0.416 e. The summed E-state index contributed by atoms with van der Waals surface area (Å²) in [4.78, 5) is -0.119. The summed E-state index contributed by atoms with van der Waals surface area (Å²) in [5.74, 6) is 0. The first kappa shape index (κ1) is 30.3. The predicted octanol–water partition coefficient (Wildman–Crippen LogP) is 4.42. The van der Waals surface area contributed by atoms with Crippen molar-refractivity contribution in [2.75, 3.05) is 38.7 Å². The number of sulfonamides is 1. The van der Waals surface area contributed by atoms with E-state index in [0.717, 1.165) is 68.4 Å². The van der Waals surface area contributed by atoms with Gasteiger partial charge in [-0.3, -0.25) is 0 Å². The molecule has 0 heterocycles. The van der Waals surface area contributed by atoms with Gasteiger partial charge in [-0.05, 0) is 69.3 Å². The van der Waals surface area contributed by atoms with Gasteiger partial charge in [0, 0.05) is 31.6 Å². The fraction of sp³-hybridized carbons (Fsp3) is 0.727. The van der Waals surface area contributed by atoms with E-state index in [-0.39, 0.29) is 23.6 Å². The van der Waals surface area contributed by atoms with Gasteiger partial charge in [0.25, 0.3) is 0 Å². The third-order valence-electron chi connectivity index (χ3n) is 5.44. The molecule has 33 heavy (non-hydrogen) atoms. The Labute approximate surface area is 204 Å². The Morgan fingerprint density at radius 1 is 1.15 bits per heavy atom. The van der Waals surface area contributed by atoms with Crippen molar-refractivity contribution in [2.24, 2.45) is 0 Å². The number of aliphatic hydroxyl groups excluding tert-OH is 1. The molecule has 1 aromatic rings. The smallest absolute Gasteiger partial charge is 0.395 e. The molecule has 6 nitrogen and oxygen atoms in total. The van der Waals surface area contributed by atoms with E-state index in [9.17, 15) is 21.6 Å². The summed E-state index contributed by atoms with van der Waals surface area (Å²) < 4.78 is 70.6. The summed E-state index contributed by atoms with van der Waals surface area (Å²) in [7, 11) is -2.33. The van der Waals surface area contributed by atoms with Crippen LogP contribution in [-0.4, -0.2) is 68.7 Å². The molecule has 2 rings (SSSR count). The van der Waals surface area contributed by atoms with Crippen LogP contribution in [0.25, 0.3) is 0 Å². The highest BCUT2D eigenvalue weighted by Crippen LogP contribution is 2.32. The minimum atomic E-state index is -4.49. The molecule has 0 aromatic heterocycles. The third kappa shape index (κ3) is 10.6. The number of nitrogens with one attached hydrogen (secondary N) is 1. The zero-order valence-electron chi connectivity index (χ0n) is 19.3. The molecule has 11 heteroatoms. The Bertz CT molecular complexity index is 752. The Morgan fingerprint density at radius 3 is 2.21 bits per heavy atom. The van der Waals surface area contributed by atoms with Gasteiger partial charge in [-0.2, -0.15) is 17.5 Å². The lowest BCUT2D eigenvalue weighted by atomic mass is 9.93. The van der Waals surface area contributed by atoms with Gasteiger partial charge >= 0.3 is 6.18 Å². The van der Waals surface area contributed by atoms with Crippen molar-refractivity contribution in [1.82, 2.24) is 9.62 Å². The number of unbranched alkanes of at least 4 members (excludes halogenated alkanes) is 1. The van der Waals surface area contributed by atoms with Gasteiger partial charge in [0.15, 0.2) is 0 Å². The Morgan fingerprint density at radius 2 is 1.76 bits per heavy atom. The SMILES string of the molecule is CCNCCO.CN(C1CCC(OCCCCBr)CC1)S(=O)(=O)c1ccc(C(F)(F)F)cc1. The third-order valence-corrected chi connectivity index (χ3v) is 7.92. The number of likely N-dealkylation sites (N-methyl/N-ethyl adjacent to an activating group) is 1. The average molecular weight is 562 g/mol. The van der Waals surface area contributed by atoms with Crippen LogP contribution in [0.2, 0.25) is 0 Å². The van der Waals surface area contributed by atoms with E-state index in [4.69, 9.17) is 9.84 Å². The van der Waals surface area contributed by atoms with Crippen LogP contribution in [0.4, 0.5) is 13.2 Å². The first-order valence-electron chi connectivity index (χ1n) is 11.2. The van der Waals surface area contributed by atoms with Crippen molar-refractivity contribution in [3.63, 3.8) is 0 Å². The number of rotatable bonds is 11. The van der Waals surface area contributed by atoms with Crippen molar-refractivity contribution >= 4 is 26.0 Å². The molecular formula is C22H36BrF3N2O4S. The molecule has 0 amide bonds. The van der Waals surface area contributed by atoms with Gasteiger partial charge in [-0.1, -0.05) is 22.9 Å². The number of hydrogen-bond acceptors (Lipinski definition) is 5. The molecule has 1 saturated carbocycles. The second-order valence-corrected chi connectivity index (χ2v) is 10.6. The van der Waals surface area contributed by atoms with Crippen molar-refractivity contribution in [2.45, 2.75) is 68.7 Å². The predicted molar refractivity (Wildman–Crippen MR) is 127 cm³/mol. The van der Waals surface area contributed by atoms with Gasteiger partial charge in [-0.15, -0.1) is 0 Å². The van der Waals surface area contributed by atoms with Crippen LogP contribution in [0.1, 0.15) is 51.0 Å². The minimum absolute atomic E-state index is 0.119. The summed E-state index contributed by atoms with van der Waals surface area (Å²) in [5.41, 5.74) is -0.860. The summed E-state index contributed by atoms with van der Waals surface area (Å²) in [6.45, 7) is 4.63. The van der Waals surface area contributed by atoms with Crippen molar-refractivity contribution in [3.05, 3.63) is 29.8 Å². The van der Waals surface area contributed by atoms with Crippen LogP contribution >= 0.6 is 15.9 Å². The molecule has 0 radical (unpaired) electrons. The standard InChI is InChI=1S/C18H25BrF3NO3S.C4H11NO/c1-23(15-6-8-16(9-7-15)26-13-3-2-12-19)27(24,25)17-10-4-14(5-11-17)18(20,21)22;1-2-5-3-4-6/h4-5,10-11,15-16H,2-3,6-9,12-13H2,1H3;5-6H,2-4H2,1H3. The van der Waals surface area contributed by atoms with Gasteiger partial charge in [0.1, 0.15) is 0 Å². The lowest BCUT2D eigenvalue weighted by Crippen LogP contribution is -2.40. The first-order chi connectivity index (χ1) is 15.6. The summed E-state index contributed by atoms with van der Waals surface area (Å²) in [6, 6.07) is 3.48. The van der Waals surface area contributed by atoms with Crippen LogP contribution in [0, 0.1) is 0 Å². The van der Waals surface area contributed by atoms with Gasteiger partial charge in [0.2, 0.25) is 10.0 Å². The van der Waals surface area contributed by atoms with Crippen LogP contribution in [-0.2, 0) is 20.9 Å². The Balaban J connectivity index is 0.000000801. The topological polar surface area (TPSA) is 78.9 Å². The van der Waals surface area contributed by atoms with Gasteiger partial charge in [0.05, 0.1) is 23.2 Å². The van der Waals surface area contributed by atoms with E-state index in [1.165, 1.54) is 11.4 Å². The number of ether oxygens (including phenoxy) is 1. The van der Waals surface area contributed by atoms with Gasteiger partial charge in [-0.25, -0.2) is 8.42 Å². The molecular weight excluding hydrogens is 525 g/mol. The second-order valence-electron chi connectivity index (χ2n) is 7.82. The Hall–Kier alpha value is -0.720. The summed E-state index contributed by atoms with van der Waals surface area (Å²) in [6.07, 6.45) is 0.646. The number of hydrogen-bond donors (Lipinski definition) is 2. The molecule has 1 aliphatic carbocycles. The molecule has 1 aromatic carbocycles. The molecule has 1 fully saturated rings. The van der Waals surface area contributed by atoms with E-state index < -0.39 is 21.8 Å². The molecule has 0 atom stereocenters. The number of alkyl halides is 4. The number of halogens is 4. The number of aliphatic hydroxyl groups is 1. The number of nitrogens with zero attached hydrogens (tertiary/aromatic N) is 1. The normalized spacial score (nSPS) is 19.3. The summed E-state index contributed by atoms with van der Waals surface area (Å²) in [5, 5.41) is 12.0. The zero-order valence-corrected chi connectivity index (χ0v) is 21.7. The highest BCUT2D eigenvalue weighted by Gasteiger charge is 2.34. The molecule has 0 bridgehead atoms. The maximum Gasteiger partial charge on any atom is 0.416 e. The van der Waals surface area contributed by atoms with E-state index >= 15 is 0 Å². The molecule has 192 valence electrons. The molecule has 0 aliphatic heterocycles. The zero-order chi connectivity index (χ0) is 24.9. The molecule has 0 unspecified atom stereocenters. The highest BCUT2D eigenvalue weighted by molar-refractivity contribution is 9.09. The minimum Gasteiger partial charge on any atom is -0.395 e. The monoisotopic (exact) mass is 560 g/mol. The molecule has 0 spiro atoms. The molecule has 0 saturated heterocycles.